The molecule has 0 radical (unpaired) electrons. The lowest BCUT2D eigenvalue weighted by Crippen LogP contribution is -2.16. The Morgan fingerprint density at radius 2 is 2.14 bits per heavy atom. The Bertz CT molecular complexity index is 663. The maximum absolute atomic E-state index is 12.1. The summed E-state index contributed by atoms with van der Waals surface area (Å²) in [7, 11) is 0. The molecular formula is C14H18ClN5OS. The molecule has 2 aromatic rings. The zero-order chi connectivity index (χ0) is 16.3. The summed E-state index contributed by atoms with van der Waals surface area (Å²) >= 11 is 7.48. The number of hydrogen-bond acceptors (Lipinski definition) is 5. The van der Waals surface area contributed by atoms with Gasteiger partial charge in [0.1, 0.15) is 0 Å². The van der Waals surface area contributed by atoms with Crippen molar-refractivity contribution in [2.24, 2.45) is 0 Å². The van der Waals surface area contributed by atoms with Crippen molar-refractivity contribution in [2.45, 2.75) is 38.9 Å². The van der Waals surface area contributed by atoms with Gasteiger partial charge in [-0.3, -0.25) is 4.79 Å². The second kappa shape index (κ2) is 7.11. The van der Waals surface area contributed by atoms with E-state index in [1.54, 1.807) is 4.68 Å². The number of thioether (sulfide) groups is 1. The van der Waals surface area contributed by atoms with Gasteiger partial charge in [-0.25, -0.2) is 4.68 Å². The van der Waals surface area contributed by atoms with Gasteiger partial charge in [0.05, 0.1) is 22.5 Å². The number of aromatic nitrogens is 4. The molecule has 0 fully saturated rings. The van der Waals surface area contributed by atoms with Crippen molar-refractivity contribution < 1.29 is 4.79 Å². The molecule has 0 saturated heterocycles. The molecule has 6 nitrogen and oxygen atoms in total. The van der Waals surface area contributed by atoms with E-state index in [0.717, 1.165) is 11.1 Å². The number of nitrogens with zero attached hydrogens (tertiary/aromatic N) is 4. The average molecular weight is 340 g/mol. The van der Waals surface area contributed by atoms with Gasteiger partial charge in [-0.2, -0.15) is 0 Å². The second-order valence-electron chi connectivity index (χ2n) is 5.28. The summed E-state index contributed by atoms with van der Waals surface area (Å²) in [4.78, 5) is 12.1. The number of halogens is 1. The van der Waals surface area contributed by atoms with Gasteiger partial charge < -0.3 is 5.32 Å². The van der Waals surface area contributed by atoms with Gasteiger partial charge in [0.25, 0.3) is 0 Å². The van der Waals surface area contributed by atoms with E-state index >= 15 is 0 Å². The first kappa shape index (κ1) is 16.8. The molecule has 0 aliphatic rings. The van der Waals surface area contributed by atoms with E-state index in [1.807, 2.05) is 39.8 Å². The average Bonchev–Trinajstić information content (AvgIpc) is 2.89. The number of amides is 1. The third-order valence-corrected chi connectivity index (χ3v) is 4.21. The number of anilines is 1. The Kier molecular flexibility index (Phi) is 5.42. The third kappa shape index (κ3) is 3.98. The van der Waals surface area contributed by atoms with E-state index in [2.05, 4.69) is 20.8 Å². The molecule has 1 amide bonds. The van der Waals surface area contributed by atoms with Crippen molar-refractivity contribution in [2.75, 3.05) is 11.1 Å². The van der Waals surface area contributed by atoms with Crippen molar-refractivity contribution >= 4 is 35.0 Å². The molecule has 22 heavy (non-hydrogen) atoms. The van der Waals surface area contributed by atoms with Crippen LogP contribution >= 0.6 is 23.4 Å². The normalized spacial score (nSPS) is 11.0. The van der Waals surface area contributed by atoms with Crippen molar-refractivity contribution in [1.29, 1.82) is 0 Å². The number of rotatable bonds is 5. The SMILES string of the molecule is Cc1cc(C)c(NC(=O)CSc2nnnn2C(C)C)c(Cl)c1. The smallest absolute Gasteiger partial charge is 0.234 e. The van der Waals surface area contributed by atoms with Crippen LogP contribution in [0.3, 0.4) is 0 Å². The lowest BCUT2D eigenvalue weighted by atomic mass is 10.1. The number of aryl methyl sites for hydroxylation is 2. The largest absolute Gasteiger partial charge is 0.324 e. The predicted octanol–water partition coefficient (Wildman–Crippen LogP) is 3.26. The highest BCUT2D eigenvalue weighted by molar-refractivity contribution is 7.99. The van der Waals surface area contributed by atoms with Gasteiger partial charge in [-0.1, -0.05) is 29.4 Å². The molecule has 0 atom stereocenters. The van der Waals surface area contributed by atoms with Crippen LogP contribution in [0.2, 0.25) is 5.02 Å². The molecule has 8 heteroatoms. The molecule has 1 N–H and O–H groups in total. The Labute approximate surface area is 138 Å². The minimum Gasteiger partial charge on any atom is -0.324 e. The molecule has 0 spiro atoms. The maximum atomic E-state index is 12.1. The Hall–Kier alpha value is -1.60. The zero-order valence-electron chi connectivity index (χ0n) is 12.9. The first-order chi connectivity index (χ1) is 10.4. The van der Waals surface area contributed by atoms with Crippen LogP contribution in [0, 0.1) is 13.8 Å². The van der Waals surface area contributed by atoms with Crippen molar-refractivity contribution in [3.8, 4) is 0 Å². The Balaban J connectivity index is 2.01. The van der Waals surface area contributed by atoms with Gasteiger partial charge >= 0.3 is 0 Å². The van der Waals surface area contributed by atoms with E-state index in [-0.39, 0.29) is 17.7 Å². The topological polar surface area (TPSA) is 72.7 Å². The maximum Gasteiger partial charge on any atom is 0.234 e. The Morgan fingerprint density at radius 1 is 1.41 bits per heavy atom. The number of hydrogen-bond donors (Lipinski definition) is 1. The van der Waals surface area contributed by atoms with Crippen LogP contribution in [0.15, 0.2) is 17.3 Å². The van der Waals surface area contributed by atoms with Gasteiger partial charge in [0, 0.05) is 0 Å². The van der Waals surface area contributed by atoms with Gasteiger partial charge in [0.15, 0.2) is 0 Å². The van der Waals surface area contributed by atoms with E-state index in [4.69, 9.17) is 11.6 Å². The summed E-state index contributed by atoms with van der Waals surface area (Å²) in [5.41, 5.74) is 2.66. The van der Waals surface area contributed by atoms with E-state index in [1.165, 1.54) is 11.8 Å². The van der Waals surface area contributed by atoms with Gasteiger partial charge in [-0.15, -0.1) is 5.10 Å². The molecule has 1 aromatic carbocycles. The van der Waals surface area contributed by atoms with Crippen LogP contribution in [0.4, 0.5) is 5.69 Å². The van der Waals surface area contributed by atoms with Gasteiger partial charge in [0.2, 0.25) is 11.1 Å². The van der Waals surface area contributed by atoms with E-state index in [9.17, 15) is 4.79 Å². The van der Waals surface area contributed by atoms with Crippen LogP contribution in [-0.2, 0) is 4.79 Å². The van der Waals surface area contributed by atoms with Crippen LogP contribution in [0.5, 0.6) is 0 Å². The minimum absolute atomic E-state index is 0.142. The Morgan fingerprint density at radius 3 is 2.77 bits per heavy atom. The molecule has 1 aromatic heterocycles. The molecule has 0 aliphatic heterocycles. The van der Waals surface area contributed by atoms with E-state index < -0.39 is 0 Å². The third-order valence-electron chi connectivity index (χ3n) is 2.98. The fourth-order valence-corrected chi connectivity index (χ4v) is 3.16. The van der Waals surface area contributed by atoms with Crippen molar-refractivity contribution in [1.82, 2.24) is 20.2 Å². The summed E-state index contributed by atoms with van der Waals surface area (Å²) in [6, 6.07) is 3.96. The molecule has 0 unspecified atom stereocenters. The summed E-state index contributed by atoms with van der Waals surface area (Å²) in [5, 5.41) is 15.5. The monoisotopic (exact) mass is 339 g/mol. The highest BCUT2D eigenvalue weighted by Crippen LogP contribution is 2.27. The van der Waals surface area contributed by atoms with Gasteiger partial charge in [-0.05, 0) is 55.3 Å². The molecular weight excluding hydrogens is 322 g/mol. The van der Waals surface area contributed by atoms with Crippen molar-refractivity contribution in [3.63, 3.8) is 0 Å². The van der Waals surface area contributed by atoms with Crippen LogP contribution < -0.4 is 5.32 Å². The molecule has 0 aliphatic carbocycles. The summed E-state index contributed by atoms with van der Waals surface area (Å²) < 4.78 is 1.68. The molecule has 2 rings (SSSR count). The fourth-order valence-electron chi connectivity index (χ4n) is 1.98. The lowest BCUT2D eigenvalue weighted by molar-refractivity contribution is -0.113. The van der Waals surface area contributed by atoms with E-state index in [0.29, 0.717) is 15.9 Å². The van der Waals surface area contributed by atoms with Crippen LogP contribution in [0.25, 0.3) is 0 Å². The zero-order valence-corrected chi connectivity index (χ0v) is 14.5. The van der Waals surface area contributed by atoms with Crippen LogP contribution in [0.1, 0.15) is 31.0 Å². The molecule has 1 heterocycles. The molecule has 118 valence electrons. The highest BCUT2D eigenvalue weighted by Gasteiger charge is 2.14. The quantitative estimate of drug-likeness (QED) is 0.846. The highest BCUT2D eigenvalue weighted by atomic mass is 35.5. The number of carbonyl (C=O) groups excluding carboxylic acids is 1. The second-order valence-corrected chi connectivity index (χ2v) is 6.62. The van der Waals surface area contributed by atoms with Crippen molar-refractivity contribution in [3.05, 3.63) is 28.3 Å². The summed E-state index contributed by atoms with van der Waals surface area (Å²) in [6.07, 6.45) is 0. The number of nitrogens with one attached hydrogen (secondary N) is 1. The standard InChI is InChI=1S/C14H18ClN5OS/c1-8(2)20-14(17-18-19-20)22-7-12(21)16-13-10(4)5-9(3)6-11(13)15/h5-6,8H,7H2,1-4H3,(H,16,21). The number of benzene rings is 1. The summed E-state index contributed by atoms with van der Waals surface area (Å²) in [6.45, 7) is 7.85. The first-order valence-corrected chi connectivity index (χ1v) is 8.22. The number of tetrazole rings is 1. The summed E-state index contributed by atoms with van der Waals surface area (Å²) in [5.74, 6) is 0.0775. The fraction of sp³-hybridized carbons (Fsp3) is 0.429. The lowest BCUT2D eigenvalue weighted by Gasteiger charge is -2.11. The first-order valence-electron chi connectivity index (χ1n) is 6.85. The number of carbonyl (C=O) groups is 1. The molecule has 0 saturated carbocycles. The van der Waals surface area contributed by atoms with Crippen LogP contribution in [-0.4, -0.2) is 31.9 Å². The minimum atomic E-state index is -0.142. The molecule has 0 bridgehead atoms. The predicted molar refractivity (Wildman–Crippen MR) is 88.5 cm³/mol.